The van der Waals surface area contributed by atoms with Gasteiger partial charge >= 0.3 is 0 Å². The minimum Gasteiger partial charge on any atom is -0.0991 e. The van der Waals surface area contributed by atoms with Gasteiger partial charge in [0.1, 0.15) is 0 Å². The van der Waals surface area contributed by atoms with Crippen LogP contribution < -0.4 is 0 Å². The Hall–Kier alpha value is -2.17. The number of hydrogen-bond acceptors (Lipinski definition) is 0. The number of rotatable bonds is 8. The summed E-state index contributed by atoms with van der Waals surface area (Å²) in [5.74, 6) is 0. The smallest absolute Gasteiger partial charge is 0.0783 e. The minimum atomic E-state index is -1.43. The van der Waals surface area contributed by atoms with E-state index in [2.05, 4.69) is 127 Å². The van der Waals surface area contributed by atoms with Gasteiger partial charge in [0.25, 0.3) is 0 Å². The molecule has 0 unspecified atom stereocenters. The maximum absolute atomic E-state index is 3.92. The van der Waals surface area contributed by atoms with E-state index < -0.39 is 16.1 Å². The topological polar surface area (TPSA) is 0 Å². The molecule has 0 heterocycles. The molecule has 0 aliphatic carbocycles. The van der Waals surface area contributed by atoms with Gasteiger partial charge in [0.2, 0.25) is 0 Å². The quantitative estimate of drug-likeness (QED) is 0.281. The molecule has 2 aromatic rings. The van der Waals surface area contributed by atoms with Crippen LogP contribution in [0.2, 0.25) is 39.3 Å². The highest BCUT2D eigenvalue weighted by atomic mass is 28.3. The average Bonchev–Trinajstić information content (AvgIpc) is 2.69. The molecule has 0 bridgehead atoms. The first-order chi connectivity index (χ1) is 14.3. The van der Waals surface area contributed by atoms with Crippen LogP contribution in [0.25, 0.3) is 10.4 Å². The molecule has 2 heteroatoms. The van der Waals surface area contributed by atoms with Crippen LogP contribution in [-0.2, 0) is 5.41 Å². The Balaban J connectivity index is 2.40. The average molecular weight is 445 g/mol. The molecule has 0 nitrogen and oxygen atoms in total. The van der Waals surface area contributed by atoms with Gasteiger partial charge in [-0.1, -0.05) is 150 Å². The molecule has 0 N–H and O–H groups in total. The van der Waals surface area contributed by atoms with Crippen LogP contribution in [0.3, 0.4) is 0 Å². The van der Waals surface area contributed by atoms with Crippen LogP contribution in [0.4, 0.5) is 0 Å². The second-order valence-electron chi connectivity index (χ2n) is 10.9. The van der Waals surface area contributed by atoms with E-state index in [0.29, 0.717) is 0 Å². The third kappa shape index (κ3) is 5.96. The fraction of sp³-hybridized carbons (Fsp3) is 0.310. The fourth-order valence-corrected chi connectivity index (χ4v) is 7.39. The van der Waals surface area contributed by atoms with Crippen molar-refractivity contribution in [2.24, 2.45) is 0 Å². The van der Waals surface area contributed by atoms with Gasteiger partial charge in [-0.15, -0.1) is 0 Å². The van der Waals surface area contributed by atoms with E-state index in [0.717, 1.165) is 0 Å². The second kappa shape index (κ2) is 9.54. The summed E-state index contributed by atoms with van der Waals surface area (Å²) in [6, 6.07) is 18.3. The lowest BCUT2D eigenvalue weighted by Gasteiger charge is -2.28. The molecule has 31 heavy (non-hydrogen) atoms. The first-order valence-corrected chi connectivity index (χ1v) is 18.2. The SMILES string of the molecule is C=CC=C(c1ccc(C(C)(C)c2ccc(C(=CC=C)[Si](C)(C)C)cc2)cc1)[Si](C)(C)C. The monoisotopic (exact) mass is 444 g/mol. The van der Waals surface area contributed by atoms with Crippen LogP contribution in [0.1, 0.15) is 36.1 Å². The van der Waals surface area contributed by atoms with Gasteiger partial charge in [0.15, 0.2) is 0 Å². The number of hydrogen-bond donors (Lipinski definition) is 0. The molecule has 0 aliphatic rings. The second-order valence-corrected chi connectivity index (χ2v) is 21.0. The van der Waals surface area contributed by atoms with E-state index in [4.69, 9.17) is 0 Å². The summed E-state index contributed by atoms with van der Waals surface area (Å²) in [6.45, 7) is 26.8. The van der Waals surface area contributed by atoms with E-state index in [1.54, 1.807) is 0 Å². The highest BCUT2D eigenvalue weighted by Gasteiger charge is 2.26. The molecule has 2 aromatic carbocycles. The number of allylic oxidation sites excluding steroid dienone is 4. The van der Waals surface area contributed by atoms with E-state index in [1.165, 1.54) is 32.6 Å². The lowest BCUT2D eigenvalue weighted by atomic mass is 9.77. The van der Waals surface area contributed by atoms with Crippen molar-refractivity contribution in [1.29, 1.82) is 0 Å². The standard InChI is InChI=1S/C29H40Si2/c1-11-13-27(30(5,6)7)23-15-19-25(20-16-23)29(3,4)26-21-17-24(18-22-26)28(14-12-2)31(8,9)10/h11-22H,1-2H2,3-10H3. The summed E-state index contributed by atoms with van der Waals surface area (Å²) in [4.78, 5) is 0. The van der Waals surface area contributed by atoms with Gasteiger partial charge in [-0.05, 0) is 22.3 Å². The summed E-state index contributed by atoms with van der Waals surface area (Å²) in [6.07, 6.45) is 8.22. The van der Waals surface area contributed by atoms with E-state index in [1.807, 2.05) is 12.2 Å². The zero-order valence-corrected chi connectivity index (χ0v) is 22.8. The Bertz CT molecular complexity index is 890. The minimum absolute atomic E-state index is 0.0555. The third-order valence-corrected chi connectivity index (χ3v) is 10.2. The van der Waals surface area contributed by atoms with E-state index in [9.17, 15) is 0 Å². The maximum Gasteiger partial charge on any atom is 0.0783 e. The van der Waals surface area contributed by atoms with Gasteiger partial charge < -0.3 is 0 Å². The molecule has 0 saturated carbocycles. The van der Waals surface area contributed by atoms with E-state index in [-0.39, 0.29) is 5.41 Å². The summed E-state index contributed by atoms with van der Waals surface area (Å²) < 4.78 is 0. The molecule has 0 radical (unpaired) electrons. The molecular weight excluding hydrogens is 404 g/mol. The lowest BCUT2D eigenvalue weighted by molar-refractivity contribution is 0.641. The molecular formula is C29H40Si2. The summed E-state index contributed by atoms with van der Waals surface area (Å²) in [5, 5.41) is 2.90. The maximum atomic E-state index is 3.92. The Morgan fingerprint density at radius 2 is 0.903 bits per heavy atom. The third-order valence-electron chi connectivity index (χ3n) is 6.02. The Labute approximate surface area is 193 Å². The van der Waals surface area contributed by atoms with Crippen molar-refractivity contribution in [3.63, 3.8) is 0 Å². The summed E-state index contributed by atoms with van der Waals surface area (Å²) in [7, 11) is -2.87. The molecule has 0 aliphatic heterocycles. The Kier molecular flexibility index (Phi) is 7.72. The van der Waals surface area contributed by atoms with Crippen molar-refractivity contribution in [2.75, 3.05) is 0 Å². The van der Waals surface area contributed by atoms with Crippen LogP contribution in [0, 0.1) is 0 Å². The molecule has 164 valence electrons. The molecule has 0 atom stereocenters. The zero-order chi connectivity index (χ0) is 23.4. The van der Waals surface area contributed by atoms with Crippen LogP contribution in [0.5, 0.6) is 0 Å². The highest BCUT2D eigenvalue weighted by molar-refractivity contribution is 6.94. The Morgan fingerprint density at radius 3 is 1.13 bits per heavy atom. The van der Waals surface area contributed by atoms with Crippen LogP contribution in [0.15, 0.2) is 86.0 Å². The summed E-state index contributed by atoms with van der Waals surface area (Å²) in [5.41, 5.74) is 5.26. The van der Waals surface area contributed by atoms with Crippen molar-refractivity contribution in [2.45, 2.75) is 58.5 Å². The van der Waals surface area contributed by atoms with Crippen molar-refractivity contribution >= 4 is 26.5 Å². The summed E-state index contributed by atoms with van der Waals surface area (Å²) >= 11 is 0. The molecule has 0 saturated heterocycles. The van der Waals surface area contributed by atoms with Gasteiger partial charge in [-0.2, -0.15) is 0 Å². The predicted octanol–water partition coefficient (Wildman–Crippen LogP) is 8.91. The van der Waals surface area contributed by atoms with E-state index >= 15 is 0 Å². The molecule has 0 amide bonds. The number of benzene rings is 2. The van der Waals surface area contributed by atoms with Crippen molar-refractivity contribution in [3.05, 3.63) is 108 Å². The van der Waals surface area contributed by atoms with Gasteiger partial charge in [0, 0.05) is 5.41 Å². The molecule has 2 rings (SSSR count). The van der Waals surface area contributed by atoms with Gasteiger partial charge in [-0.3, -0.25) is 0 Å². The predicted molar refractivity (Wildman–Crippen MR) is 148 cm³/mol. The van der Waals surface area contributed by atoms with Crippen molar-refractivity contribution in [1.82, 2.24) is 0 Å². The van der Waals surface area contributed by atoms with Crippen molar-refractivity contribution in [3.8, 4) is 0 Å². The van der Waals surface area contributed by atoms with Crippen LogP contribution >= 0.6 is 0 Å². The molecule has 0 spiro atoms. The first-order valence-electron chi connectivity index (χ1n) is 11.2. The first kappa shape index (κ1) is 25.1. The Morgan fingerprint density at radius 1 is 0.613 bits per heavy atom. The molecule has 0 fully saturated rings. The van der Waals surface area contributed by atoms with Gasteiger partial charge in [-0.25, -0.2) is 0 Å². The fourth-order valence-electron chi connectivity index (χ4n) is 4.09. The van der Waals surface area contributed by atoms with Crippen molar-refractivity contribution < 1.29 is 0 Å². The normalized spacial score (nSPS) is 13.8. The molecule has 0 aromatic heterocycles. The van der Waals surface area contributed by atoms with Crippen LogP contribution in [-0.4, -0.2) is 16.1 Å². The zero-order valence-electron chi connectivity index (χ0n) is 20.8. The highest BCUT2D eigenvalue weighted by Crippen LogP contribution is 2.35. The lowest BCUT2D eigenvalue weighted by Crippen LogP contribution is -2.23. The largest absolute Gasteiger partial charge is 0.0991 e. The van der Waals surface area contributed by atoms with Gasteiger partial charge in [0.05, 0.1) is 16.1 Å².